The molecule has 0 aliphatic carbocycles. The molecule has 1 fully saturated rings. The predicted octanol–water partition coefficient (Wildman–Crippen LogP) is 18.4. The van der Waals surface area contributed by atoms with Crippen molar-refractivity contribution in [3.63, 3.8) is 0 Å². The van der Waals surface area contributed by atoms with E-state index in [2.05, 4.69) is 5.32 Å². The summed E-state index contributed by atoms with van der Waals surface area (Å²) in [5.74, 6) is -2.52. The van der Waals surface area contributed by atoms with Gasteiger partial charge in [-0.05, 0) is 53.5 Å². The topological polar surface area (TPSA) is 301 Å². The van der Waals surface area contributed by atoms with E-state index < -0.39 is 44.4 Å². The van der Waals surface area contributed by atoms with Crippen molar-refractivity contribution < 1.29 is 118 Å². The number of carbonyl (C=O) groups excluding carboxylic acids is 5. The lowest BCUT2D eigenvalue weighted by Crippen LogP contribution is -2.48. The maximum atomic E-state index is 14.7. The average Bonchev–Trinajstić information content (AvgIpc) is 1.07. The van der Waals surface area contributed by atoms with E-state index in [1.54, 1.807) is 0 Å². The molecule has 0 radical (unpaired) electrons. The highest BCUT2D eigenvalue weighted by Gasteiger charge is 2.46. The van der Waals surface area contributed by atoms with Gasteiger partial charge < -0.3 is 89.8 Å². The molecule has 1 saturated heterocycles. The van der Waals surface area contributed by atoms with Crippen LogP contribution in [0.5, 0.6) is 0 Å². The van der Waals surface area contributed by atoms with Crippen LogP contribution < -0.4 is 5.32 Å². The molecule has 0 aromatic heterocycles. The highest BCUT2D eigenvalue weighted by molar-refractivity contribution is 7.54. The fourth-order valence-electron chi connectivity index (χ4n) is 13.7. The van der Waals surface area contributed by atoms with Crippen LogP contribution in [0.2, 0.25) is 0 Å². The third-order valence-corrected chi connectivity index (χ3v) is 24.8. The van der Waals surface area contributed by atoms with Crippen LogP contribution in [-0.4, -0.2) is 212 Å². The lowest BCUT2D eigenvalue weighted by Gasteiger charge is -2.31. The molecule has 27 nitrogen and oxygen atoms in total. The molecule has 1 aliphatic rings. The molecule has 0 spiro atoms. The number of amides is 3. The van der Waals surface area contributed by atoms with Gasteiger partial charge in [0, 0.05) is 19.4 Å². The van der Waals surface area contributed by atoms with Gasteiger partial charge in [0.25, 0.3) is 11.8 Å². The molecule has 0 bridgehead atoms. The van der Waals surface area contributed by atoms with Crippen molar-refractivity contribution in [1.82, 2.24) is 10.4 Å². The van der Waals surface area contributed by atoms with Crippen LogP contribution in [0.25, 0.3) is 0 Å². The number of ether oxygens (including phenoxy) is 13. The fourth-order valence-corrected chi connectivity index (χ4v) is 17.0. The Bertz CT molecular complexity index is 3360. The number of hydrogen-bond acceptors (Lipinski definition) is 25. The van der Waals surface area contributed by atoms with Gasteiger partial charge >= 0.3 is 27.1 Å². The Kier molecular flexibility index (Phi) is 62.9. The maximum absolute atomic E-state index is 14.7. The Morgan fingerprint density at radius 2 is 0.524 bits per heavy atom. The monoisotopic (exact) mass is 1800 g/mol. The van der Waals surface area contributed by atoms with Crippen LogP contribution in [0.1, 0.15) is 214 Å². The molecule has 5 aromatic rings. The van der Waals surface area contributed by atoms with E-state index in [0.717, 1.165) is 182 Å². The maximum Gasteiger partial charge on any atom is 0.335 e. The van der Waals surface area contributed by atoms with E-state index in [0.29, 0.717) is 169 Å². The summed E-state index contributed by atoms with van der Waals surface area (Å²) in [4.78, 5) is 69.0. The molecule has 6 rings (SSSR count). The summed E-state index contributed by atoms with van der Waals surface area (Å²) in [7, 11) is -6.60. The molecule has 706 valence electrons. The van der Waals surface area contributed by atoms with Gasteiger partial charge in [-0.3, -0.25) is 28.3 Å². The lowest BCUT2D eigenvalue weighted by molar-refractivity contribution is -0.198. The smallest absolute Gasteiger partial charge is 0.335 e. The number of carbonyl (C=O) groups is 5. The standard InChI is InChI=1S/C97H148N2O25P2/c100-92-50-51-93(101)99(92)124-94(102)52-56-107-58-60-109-62-64-111-66-68-113-70-72-115-74-76-117-78-79-118-77-75-116-73-71-114-69-67-112-65-63-110-61-59-108-57-55-98-95(103)97(96(104)119-82-87-40-26-21-27-41-87,53-36-17-13-9-5-1-3-7-11-15-19-38-80-125(105,120-83-88-42-28-22-29-43-88)121-84-89-44-30-23-31-45-89)54-37-18-14-10-6-2-4-8-12-16-20-39-81-126(106,122-85-90-46-32-24-33-47-90)123-86-91-48-34-25-35-49-91/h21-35,40-49H,1-20,36-39,50-86H2,(H,98,103). The van der Waals surface area contributed by atoms with Crippen molar-refractivity contribution >= 4 is 44.9 Å². The van der Waals surface area contributed by atoms with Crippen molar-refractivity contribution in [2.24, 2.45) is 5.41 Å². The minimum atomic E-state index is -3.30. The number of imide groups is 1. The van der Waals surface area contributed by atoms with Crippen LogP contribution in [0, 0.1) is 5.41 Å². The Labute approximate surface area is 750 Å². The number of hydroxylamine groups is 2. The number of benzene rings is 5. The van der Waals surface area contributed by atoms with Crippen LogP contribution in [0.15, 0.2) is 152 Å². The molecular weight excluding hydrogens is 1660 g/mol. The largest absolute Gasteiger partial charge is 0.460 e. The summed E-state index contributed by atoms with van der Waals surface area (Å²) < 4.78 is 125. The van der Waals surface area contributed by atoms with Gasteiger partial charge in [-0.1, -0.05) is 293 Å². The molecule has 3 amide bonds. The highest BCUT2D eigenvalue weighted by atomic mass is 31.2. The quantitative estimate of drug-likeness (QED) is 0.0124. The third-order valence-electron chi connectivity index (χ3n) is 21.0. The molecule has 5 aromatic carbocycles. The van der Waals surface area contributed by atoms with Gasteiger partial charge in [-0.2, -0.15) is 0 Å². The van der Waals surface area contributed by atoms with Crippen LogP contribution in [0.3, 0.4) is 0 Å². The second-order valence-electron chi connectivity index (χ2n) is 31.2. The van der Waals surface area contributed by atoms with E-state index in [9.17, 15) is 33.1 Å². The molecule has 126 heavy (non-hydrogen) atoms. The molecule has 1 aliphatic heterocycles. The Hall–Kier alpha value is -6.53. The van der Waals surface area contributed by atoms with E-state index in [-0.39, 0.29) is 84.6 Å². The van der Waals surface area contributed by atoms with Gasteiger partial charge in [0.1, 0.15) is 12.0 Å². The van der Waals surface area contributed by atoms with Gasteiger partial charge in [0.05, 0.1) is 204 Å². The van der Waals surface area contributed by atoms with Crippen LogP contribution >= 0.6 is 15.2 Å². The fraction of sp³-hybridized carbons (Fsp3) is 0.639. The summed E-state index contributed by atoms with van der Waals surface area (Å²) in [6, 6.07) is 48.9. The zero-order valence-corrected chi connectivity index (χ0v) is 76.9. The number of rotatable bonds is 86. The minimum Gasteiger partial charge on any atom is -0.460 e. The van der Waals surface area contributed by atoms with Crippen molar-refractivity contribution in [2.75, 3.05) is 177 Å². The first kappa shape index (κ1) is 108. The number of nitrogens with zero attached hydrogens (tertiary/aromatic N) is 1. The summed E-state index contributed by atoms with van der Waals surface area (Å²) in [6.07, 6.45) is 26.2. The first-order chi connectivity index (χ1) is 61.9. The van der Waals surface area contributed by atoms with Gasteiger partial charge in [0.15, 0.2) is 0 Å². The molecule has 0 saturated carbocycles. The summed E-state index contributed by atoms with van der Waals surface area (Å²) in [6.45, 7) is 10.5. The second-order valence-corrected chi connectivity index (χ2v) is 35.6. The Morgan fingerprint density at radius 1 is 0.294 bits per heavy atom. The first-order valence-corrected chi connectivity index (χ1v) is 49.8. The molecule has 29 heteroatoms. The Morgan fingerprint density at radius 3 is 0.794 bits per heavy atom. The van der Waals surface area contributed by atoms with Crippen molar-refractivity contribution in [1.29, 1.82) is 0 Å². The number of hydrogen-bond donors (Lipinski definition) is 1. The zero-order valence-electron chi connectivity index (χ0n) is 75.1. The van der Waals surface area contributed by atoms with E-state index in [4.69, 9.17) is 84.5 Å². The summed E-state index contributed by atoms with van der Waals surface area (Å²) in [5, 5.41) is 3.63. The Balaban J connectivity index is 0.787. The van der Waals surface area contributed by atoms with Gasteiger partial charge in [0.2, 0.25) is 5.91 Å². The van der Waals surface area contributed by atoms with Gasteiger partial charge in [-0.25, -0.2) is 4.79 Å². The van der Waals surface area contributed by atoms with Crippen molar-refractivity contribution in [3.8, 4) is 0 Å². The molecule has 0 atom stereocenters. The second kappa shape index (κ2) is 73.2. The van der Waals surface area contributed by atoms with Crippen LogP contribution in [-0.2, 0) is 151 Å². The predicted molar refractivity (Wildman–Crippen MR) is 483 cm³/mol. The summed E-state index contributed by atoms with van der Waals surface area (Å²) in [5.41, 5.74) is 3.39. The van der Waals surface area contributed by atoms with Gasteiger partial charge in [-0.15, -0.1) is 5.06 Å². The highest BCUT2D eigenvalue weighted by Crippen LogP contribution is 2.52. The van der Waals surface area contributed by atoms with Crippen molar-refractivity contribution in [2.45, 2.75) is 219 Å². The number of nitrogens with one attached hydrogen (secondary N) is 1. The number of unbranched alkanes of at least 4 members (excludes halogenated alkanes) is 22. The zero-order chi connectivity index (χ0) is 89.1. The van der Waals surface area contributed by atoms with E-state index >= 15 is 0 Å². The molecular formula is C97H148N2O25P2. The first-order valence-electron chi connectivity index (χ1n) is 46.4. The lowest BCUT2D eigenvalue weighted by atomic mass is 9.76. The van der Waals surface area contributed by atoms with Crippen LogP contribution in [0.4, 0.5) is 0 Å². The molecule has 0 unspecified atom stereocenters. The van der Waals surface area contributed by atoms with E-state index in [1.165, 1.54) is 0 Å². The third kappa shape index (κ3) is 54.2. The molecule has 1 N–H and O–H groups in total. The van der Waals surface area contributed by atoms with Crippen molar-refractivity contribution in [3.05, 3.63) is 179 Å². The number of esters is 1. The van der Waals surface area contributed by atoms with E-state index in [1.807, 2.05) is 152 Å². The minimum absolute atomic E-state index is 0.0453. The SMILES string of the molecule is O=C(CCOCCOCCOCCOCCOCCOCCOCCOCCOCCOCCOCCOCCNC(=O)C(CCCCCCCCCCCCCCP(=O)(OCc1ccccc1)OCc1ccccc1)(CCCCCCCCCCCCCCP(=O)(OCc1ccccc1)OCc1ccccc1)C(=O)OCc1ccccc1)ON1C(=O)CCC1=O. The average molecular weight is 1800 g/mol. The molecule has 1 heterocycles. The summed E-state index contributed by atoms with van der Waals surface area (Å²) >= 11 is 0. The normalized spacial score (nSPS) is 12.6.